The highest BCUT2D eigenvalue weighted by atomic mass is 16.3. The summed E-state index contributed by atoms with van der Waals surface area (Å²) in [5.74, 6) is 2.01. The lowest BCUT2D eigenvalue weighted by atomic mass is 9.60. The van der Waals surface area contributed by atoms with Gasteiger partial charge in [0.2, 0.25) is 0 Å². The van der Waals surface area contributed by atoms with Gasteiger partial charge in [0.15, 0.2) is 0 Å². The number of allylic oxidation sites excluding steroid dienone is 3. The van der Waals surface area contributed by atoms with Crippen LogP contribution in [0, 0.1) is 23.2 Å². The monoisotopic (exact) mass is 476 g/mol. The summed E-state index contributed by atoms with van der Waals surface area (Å²) in [5, 5.41) is 40.1. The number of aliphatic hydroxyl groups excluding tert-OH is 3. The Morgan fingerprint density at radius 2 is 1.71 bits per heavy atom. The van der Waals surface area contributed by atoms with E-state index in [9.17, 15) is 20.4 Å². The topological polar surface area (TPSA) is 80.9 Å². The van der Waals surface area contributed by atoms with Crippen molar-refractivity contribution in [3.05, 3.63) is 23.3 Å². The van der Waals surface area contributed by atoms with Crippen molar-refractivity contribution in [2.24, 2.45) is 23.2 Å². The zero-order valence-corrected chi connectivity index (χ0v) is 22.3. The van der Waals surface area contributed by atoms with Crippen LogP contribution in [0.1, 0.15) is 118 Å². The fraction of sp³-hybridized carbons (Fsp3) is 0.867. The average molecular weight is 477 g/mol. The summed E-state index contributed by atoms with van der Waals surface area (Å²) in [6.07, 6.45) is 17.9. The summed E-state index contributed by atoms with van der Waals surface area (Å²) < 4.78 is 0. The van der Waals surface area contributed by atoms with Gasteiger partial charge in [-0.1, -0.05) is 55.9 Å². The van der Waals surface area contributed by atoms with Crippen LogP contribution in [-0.4, -0.2) is 44.3 Å². The van der Waals surface area contributed by atoms with Crippen LogP contribution in [0.3, 0.4) is 0 Å². The van der Waals surface area contributed by atoms with Crippen LogP contribution in [0.5, 0.6) is 0 Å². The maximum absolute atomic E-state index is 10.2. The van der Waals surface area contributed by atoms with E-state index in [1.54, 1.807) is 5.57 Å². The summed E-state index contributed by atoms with van der Waals surface area (Å²) >= 11 is 0. The number of fused-ring (bicyclic) bond motifs is 1. The molecular formula is C30H52O4. The van der Waals surface area contributed by atoms with Gasteiger partial charge in [0, 0.05) is 0 Å². The molecule has 3 fully saturated rings. The molecule has 0 aromatic rings. The van der Waals surface area contributed by atoms with Crippen LogP contribution in [0.25, 0.3) is 0 Å². The fourth-order valence-electron chi connectivity index (χ4n) is 7.60. The highest BCUT2D eigenvalue weighted by molar-refractivity contribution is 5.26. The Morgan fingerprint density at radius 3 is 2.35 bits per heavy atom. The Balaban J connectivity index is 1.72. The number of hydrogen-bond acceptors (Lipinski definition) is 4. The van der Waals surface area contributed by atoms with Gasteiger partial charge >= 0.3 is 0 Å². The van der Waals surface area contributed by atoms with Gasteiger partial charge < -0.3 is 20.4 Å². The van der Waals surface area contributed by atoms with Crippen molar-refractivity contribution in [2.75, 3.05) is 0 Å². The second-order valence-electron chi connectivity index (χ2n) is 12.9. The molecule has 4 N–H and O–H groups in total. The molecule has 34 heavy (non-hydrogen) atoms. The third-order valence-electron chi connectivity index (χ3n) is 9.24. The Hall–Kier alpha value is -0.680. The lowest BCUT2D eigenvalue weighted by molar-refractivity contribution is 0.0546. The predicted octanol–water partition coefficient (Wildman–Crippen LogP) is 6.07. The zero-order chi connectivity index (χ0) is 24.9. The van der Waals surface area contributed by atoms with Crippen molar-refractivity contribution in [3.63, 3.8) is 0 Å². The molecule has 0 aromatic heterocycles. The lowest BCUT2D eigenvalue weighted by Crippen LogP contribution is -2.37. The molecular weight excluding hydrogens is 424 g/mol. The molecule has 4 unspecified atom stereocenters. The molecule has 0 heterocycles. The first-order valence-corrected chi connectivity index (χ1v) is 14.1. The molecule has 3 aliphatic carbocycles. The fourth-order valence-corrected chi connectivity index (χ4v) is 7.60. The molecule has 0 aliphatic heterocycles. The van der Waals surface area contributed by atoms with E-state index in [1.165, 1.54) is 50.5 Å². The van der Waals surface area contributed by atoms with Crippen molar-refractivity contribution in [3.8, 4) is 0 Å². The van der Waals surface area contributed by atoms with E-state index in [0.717, 1.165) is 25.7 Å². The molecule has 0 saturated heterocycles. The van der Waals surface area contributed by atoms with Gasteiger partial charge in [-0.3, -0.25) is 0 Å². The van der Waals surface area contributed by atoms with Crippen LogP contribution in [0.15, 0.2) is 23.3 Å². The average Bonchev–Trinajstić information content (AvgIpc) is 3.06. The number of aliphatic hydroxyl groups is 4. The summed E-state index contributed by atoms with van der Waals surface area (Å²) in [4.78, 5) is 0. The molecule has 196 valence electrons. The van der Waals surface area contributed by atoms with Crippen LogP contribution in [-0.2, 0) is 0 Å². The molecule has 3 rings (SSSR count). The van der Waals surface area contributed by atoms with Gasteiger partial charge in [0.25, 0.3) is 0 Å². The van der Waals surface area contributed by atoms with E-state index in [2.05, 4.69) is 19.1 Å². The first-order chi connectivity index (χ1) is 16.0. The van der Waals surface area contributed by atoms with E-state index in [1.807, 2.05) is 20.8 Å². The van der Waals surface area contributed by atoms with Crippen LogP contribution < -0.4 is 0 Å². The van der Waals surface area contributed by atoms with Crippen molar-refractivity contribution in [2.45, 2.75) is 141 Å². The van der Waals surface area contributed by atoms with E-state index < -0.39 is 17.8 Å². The summed E-state index contributed by atoms with van der Waals surface area (Å²) in [7, 11) is 0. The molecule has 3 saturated carbocycles. The lowest BCUT2D eigenvalue weighted by Gasteiger charge is -2.45. The Bertz CT molecular complexity index is 691. The quantitative estimate of drug-likeness (QED) is 0.308. The van der Waals surface area contributed by atoms with Crippen molar-refractivity contribution >= 4 is 0 Å². The van der Waals surface area contributed by atoms with Gasteiger partial charge in [-0.15, -0.1) is 0 Å². The first kappa shape index (κ1) is 27.9. The Kier molecular flexibility index (Phi) is 9.88. The van der Waals surface area contributed by atoms with Gasteiger partial charge in [-0.05, 0) is 108 Å². The maximum atomic E-state index is 10.2. The highest BCUT2D eigenvalue weighted by Gasteiger charge is 2.51. The molecule has 4 nitrogen and oxygen atoms in total. The molecule has 0 bridgehead atoms. The van der Waals surface area contributed by atoms with E-state index in [4.69, 9.17) is 0 Å². The molecule has 0 amide bonds. The molecule has 0 radical (unpaired) electrons. The van der Waals surface area contributed by atoms with Crippen LogP contribution >= 0.6 is 0 Å². The molecule has 3 aliphatic rings. The largest absolute Gasteiger partial charge is 0.393 e. The maximum Gasteiger partial charge on any atom is 0.0602 e. The standard InChI is InChI=1S/C30H52O4/c1-21(31)8-5-9-23(10-6-16-29(2,3)34)27-14-15-28-24(11-7-17-30(27,28)4)13-12-22-18-25(32)20-26(33)19-22/h12-13,21,23,25-28,31-34H,5-11,14-20H2,1-4H3/b22-12?,24-13+/t21?,23?,25-,26?,27-,28?,30-/m1/s1. The van der Waals surface area contributed by atoms with Gasteiger partial charge in [-0.25, -0.2) is 0 Å². The first-order valence-electron chi connectivity index (χ1n) is 14.1. The normalized spacial score (nSPS) is 36.6. The van der Waals surface area contributed by atoms with Gasteiger partial charge in [0.05, 0.1) is 23.9 Å². The number of hydrogen-bond donors (Lipinski definition) is 4. The second kappa shape index (κ2) is 12.0. The van der Waals surface area contributed by atoms with E-state index in [-0.39, 0.29) is 6.10 Å². The minimum absolute atomic E-state index is 0.224. The molecule has 0 aromatic carbocycles. The molecule has 7 atom stereocenters. The van der Waals surface area contributed by atoms with Crippen molar-refractivity contribution < 1.29 is 20.4 Å². The van der Waals surface area contributed by atoms with E-state index in [0.29, 0.717) is 42.4 Å². The SMILES string of the molecule is CC(O)CCCC(CCCC(C)(C)O)[C@H]1CCC2/C(=C/C=C3CC(O)C[C@H](O)C3)CCC[C@@]21C. The third-order valence-corrected chi connectivity index (χ3v) is 9.24. The van der Waals surface area contributed by atoms with Crippen LogP contribution in [0.2, 0.25) is 0 Å². The van der Waals surface area contributed by atoms with Gasteiger partial charge in [-0.2, -0.15) is 0 Å². The third kappa shape index (κ3) is 7.66. The summed E-state index contributed by atoms with van der Waals surface area (Å²) in [6.45, 7) is 8.27. The smallest absolute Gasteiger partial charge is 0.0602 e. The van der Waals surface area contributed by atoms with Gasteiger partial charge in [0.1, 0.15) is 0 Å². The second-order valence-corrected chi connectivity index (χ2v) is 12.9. The Labute approximate surface area is 208 Å². The highest BCUT2D eigenvalue weighted by Crippen LogP contribution is 2.60. The van der Waals surface area contributed by atoms with Crippen molar-refractivity contribution in [1.29, 1.82) is 0 Å². The summed E-state index contributed by atoms with van der Waals surface area (Å²) in [5.41, 5.74) is 2.50. The zero-order valence-electron chi connectivity index (χ0n) is 22.3. The van der Waals surface area contributed by atoms with Crippen LogP contribution in [0.4, 0.5) is 0 Å². The Morgan fingerprint density at radius 1 is 1.03 bits per heavy atom. The molecule has 0 spiro atoms. The molecule has 4 heteroatoms. The minimum atomic E-state index is -0.596. The van der Waals surface area contributed by atoms with Crippen molar-refractivity contribution in [1.82, 2.24) is 0 Å². The minimum Gasteiger partial charge on any atom is -0.393 e. The van der Waals surface area contributed by atoms with E-state index >= 15 is 0 Å². The summed E-state index contributed by atoms with van der Waals surface area (Å²) in [6, 6.07) is 0. The number of rotatable bonds is 10. The predicted molar refractivity (Wildman–Crippen MR) is 139 cm³/mol.